The SMILES string of the molecule is C#Cc1c(N)ccc(C(=O)OC)c1Cl.COCCCc1cc(C(=O)OC)c(Cl)c2cc[nH]c12. The largest absolute Gasteiger partial charge is 0.465 e. The lowest BCUT2D eigenvalue weighted by atomic mass is 10.0. The zero-order valence-electron chi connectivity index (χ0n) is 18.5. The van der Waals surface area contributed by atoms with Crippen molar-refractivity contribution < 1.29 is 23.8 Å². The number of aromatic amines is 1. The first kappa shape index (κ1) is 26.1. The van der Waals surface area contributed by atoms with Crippen molar-refractivity contribution in [2.45, 2.75) is 12.8 Å². The maximum absolute atomic E-state index is 11.7. The van der Waals surface area contributed by atoms with Crippen LogP contribution in [0.25, 0.3) is 10.9 Å². The molecular formula is C24H24Cl2N2O5. The number of aryl methyl sites for hydroxylation is 1. The number of aromatic nitrogens is 1. The van der Waals surface area contributed by atoms with Gasteiger partial charge in [0.15, 0.2) is 0 Å². The highest BCUT2D eigenvalue weighted by atomic mass is 35.5. The number of H-pyrrole nitrogens is 1. The molecule has 0 aliphatic rings. The second-order valence-corrected chi connectivity index (χ2v) is 7.53. The number of hydrogen-bond donors (Lipinski definition) is 2. The minimum Gasteiger partial charge on any atom is -0.465 e. The van der Waals surface area contributed by atoms with E-state index in [1.165, 1.54) is 26.4 Å². The van der Waals surface area contributed by atoms with Crippen molar-refractivity contribution >= 4 is 51.7 Å². The quantitative estimate of drug-likeness (QED) is 0.221. The Morgan fingerprint density at radius 3 is 2.33 bits per heavy atom. The third kappa shape index (κ3) is 5.99. The third-order valence-corrected chi connectivity index (χ3v) is 5.58. The highest BCUT2D eigenvalue weighted by molar-refractivity contribution is 6.38. The average molecular weight is 491 g/mol. The van der Waals surface area contributed by atoms with Gasteiger partial charge in [-0.25, -0.2) is 9.59 Å². The van der Waals surface area contributed by atoms with Gasteiger partial charge in [-0.3, -0.25) is 0 Å². The Morgan fingerprint density at radius 2 is 1.73 bits per heavy atom. The molecule has 3 aromatic rings. The molecule has 9 heteroatoms. The molecule has 0 spiro atoms. The highest BCUT2D eigenvalue weighted by Gasteiger charge is 2.17. The van der Waals surface area contributed by atoms with Gasteiger partial charge < -0.3 is 24.9 Å². The van der Waals surface area contributed by atoms with Gasteiger partial charge in [-0.05, 0) is 42.7 Å². The Hall–Kier alpha value is -3.18. The number of rotatable bonds is 6. The van der Waals surface area contributed by atoms with Crippen molar-refractivity contribution in [3.63, 3.8) is 0 Å². The normalized spacial score (nSPS) is 10.2. The Morgan fingerprint density at radius 1 is 1.06 bits per heavy atom. The van der Waals surface area contributed by atoms with Crippen molar-refractivity contribution in [1.29, 1.82) is 0 Å². The molecule has 0 saturated heterocycles. The maximum atomic E-state index is 11.7. The number of benzene rings is 2. The standard InChI is InChI=1S/C14H16ClNO3.C10H8ClNO2/c1-18-7-3-4-9-8-11(14(17)19-2)12(15)10-5-6-16-13(9)10;1-3-6-8(12)5-4-7(9(6)11)10(13)14-2/h5-6,8,16H,3-4,7H2,1-2H3;1,4-5H,12H2,2H3. The first-order chi connectivity index (χ1) is 15.8. The number of halogens is 2. The summed E-state index contributed by atoms with van der Waals surface area (Å²) in [6.45, 7) is 0.679. The van der Waals surface area contributed by atoms with Crippen LogP contribution in [0.1, 0.15) is 38.3 Å². The van der Waals surface area contributed by atoms with E-state index in [9.17, 15) is 9.59 Å². The molecule has 3 N–H and O–H groups in total. The summed E-state index contributed by atoms with van der Waals surface area (Å²) in [6, 6.07) is 6.66. The second kappa shape index (κ2) is 12.2. The summed E-state index contributed by atoms with van der Waals surface area (Å²) in [4.78, 5) is 26.1. The van der Waals surface area contributed by atoms with Gasteiger partial charge in [-0.1, -0.05) is 29.1 Å². The van der Waals surface area contributed by atoms with Crippen molar-refractivity contribution in [2.75, 3.05) is 33.7 Å². The molecule has 0 aliphatic heterocycles. The van der Waals surface area contributed by atoms with E-state index in [0.717, 1.165) is 29.3 Å². The number of nitrogens with two attached hydrogens (primary N) is 1. The summed E-state index contributed by atoms with van der Waals surface area (Å²) < 4.78 is 14.3. The van der Waals surface area contributed by atoms with Gasteiger partial charge in [0.25, 0.3) is 0 Å². The van der Waals surface area contributed by atoms with Crippen molar-refractivity contribution in [1.82, 2.24) is 4.98 Å². The maximum Gasteiger partial charge on any atom is 0.339 e. The predicted molar refractivity (Wildman–Crippen MR) is 130 cm³/mol. The minimum atomic E-state index is -0.536. The number of nitrogen functional groups attached to an aromatic ring is 1. The van der Waals surface area contributed by atoms with Crippen LogP contribution in [0.2, 0.25) is 10.0 Å². The Labute approximate surface area is 202 Å². The molecule has 0 unspecified atom stereocenters. The average Bonchev–Trinajstić information content (AvgIpc) is 3.31. The first-order valence-electron chi connectivity index (χ1n) is 9.79. The minimum absolute atomic E-state index is 0.152. The number of carbonyl (C=O) groups is 2. The fourth-order valence-electron chi connectivity index (χ4n) is 3.14. The number of hydrogen-bond acceptors (Lipinski definition) is 6. The monoisotopic (exact) mass is 490 g/mol. The van der Waals surface area contributed by atoms with Gasteiger partial charge in [-0.15, -0.1) is 6.42 Å². The molecule has 2 aromatic carbocycles. The molecule has 0 atom stereocenters. The van der Waals surface area contributed by atoms with Crippen LogP contribution in [0.4, 0.5) is 5.69 Å². The molecule has 7 nitrogen and oxygen atoms in total. The highest BCUT2D eigenvalue weighted by Crippen LogP contribution is 2.31. The third-order valence-electron chi connectivity index (χ3n) is 4.78. The molecule has 0 fully saturated rings. The second-order valence-electron chi connectivity index (χ2n) is 6.78. The molecule has 0 saturated carbocycles. The van der Waals surface area contributed by atoms with Gasteiger partial charge in [0.05, 0.1) is 46.5 Å². The molecule has 1 aromatic heterocycles. The number of carbonyl (C=O) groups excluding carboxylic acids is 2. The van der Waals surface area contributed by atoms with E-state index in [4.69, 9.17) is 44.8 Å². The van der Waals surface area contributed by atoms with E-state index >= 15 is 0 Å². The van der Waals surface area contributed by atoms with Crippen molar-refractivity contribution in [3.05, 3.63) is 62.8 Å². The molecule has 0 radical (unpaired) electrons. The number of esters is 2. The smallest absolute Gasteiger partial charge is 0.339 e. The van der Waals surface area contributed by atoms with Gasteiger partial charge >= 0.3 is 11.9 Å². The lowest BCUT2D eigenvalue weighted by Crippen LogP contribution is -2.04. The summed E-state index contributed by atoms with van der Waals surface area (Å²) in [5, 5.41) is 1.43. The summed E-state index contributed by atoms with van der Waals surface area (Å²) in [5.41, 5.74) is 8.88. The fraction of sp³-hybridized carbons (Fsp3) is 0.250. The fourth-order valence-corrected chi connectivity index (χ4v) is 3.73. The van der Waals surface area contributed by atoms with Crippen molar-refractivity contribution in [2.24, 2.45) is 0 Å². The van der Waals surface area contributed by atoms with Crippen molar-refractivity contribution in [3.8, 4) is 12.3 Å². The van der Waals surface area contributed by atoms with Crippen LogP contribution in [0, 0.1) is 12.3 Å². The lowest BCUT2D eigenvalue weighted by molar-refractivity contribution is 0.0592. The van der Waals surface area contributed by atoms with E-state index < -0.39 is 11.9 Å². The van der Waals surface area contributed by atoms with E-state index in [0.29, 0.717) is 28.4 Å². The molecule has 33 heavy (non-hydrogen) atoms. The van der Waals surface area contributed by atoms with Crippen LogP contribution in [-0.4, -0.2) is 44.9 Å². The summed E-state index contributed by atoms with van der Waals surface area (Å²) in [5.74, 6) is 1.37. The van der Waals surface area contributed by atoms with E-state index in [2.05, 4.69) is 15.6 Å². The topological polar surface area (TPSA) is 104 Å². The van der Waals surface area contributed by atoms with Crippen LogP contribution >= 0.6 is 23.2 Å². The van der Waals surface area contributed by atoms with Crippen LogP contribution in [-0.2, 0) is 20.6 Å². The summed E-state index contributed by atoms with van der Waals surface area (Å²) in [6.07, 6.45) is 8.71. The van der Waals surface area contributed by atoms with Gasteiger partial charge in [0.1, 0.15) is 0 Å². The molecule has 0 amide bonds. The van der Waals surface area contributed by atoms with Crippen LogP contribution in [0.5, 0.6) is 0 Å². The predicted octanol–water partition coefficient (Wildman–Crippen LogP) is 4.88. The molecule has 1 heterocycles. The first-order valence-corrected chi connectivity index (χ1v) is 10.5. The van der Waals surface area contributed by atoms with Crippen LogP contribution < -0.4 is 5.73 Å². The number of methoxy groups -OCH3 is 3. The number of ether oxygens (including phenoxy) is 3. The lowest BCUT2D eigenvalue weighted by Gasteiger charge is -2.09. The number of nitrogens with one attached hydrogen (secondary N) is 1. The Bertz CT molecular complexity index is 1200. The molecular weight excluding hydrogens is 467 g/mol. The van der Waals surface area contributed by atoms with Gasteiger partial charge in [0.2, 0.25) is 0 Å². The molecule has 0 aliphatic carbocycles. The number of terminal acetylenes is 1. The summed E-state index contributed by atoms with van der Waals surface area (Å²) >= 11 is 12.1. The van der Waals surface area contributed by atoms with Gasteiger partial charge in [-0.2, -0.15) is 0 Å². The number of anilines is 1. The zero-order chi connectivity index (χ0) is 24.5. The van der Waals surface area contributed by atoms with Crippen LogP contribution in [0.15, 0.2) is 30.5 Å². The van der Waals surface area contributed by atoms with E-state index in [1.807, 2.05) is 12.3 Å². The van der Waals surface area contributed by atoms with E-state index in [-0.39, 0.29) is 10.6 Å². The molecule has 3 rings (SSSR count). The van der Waals surface area contributed by atoms with Crippen LogP contribution in [0.3, 0.4) is 0 Å². The number of fused-ring (bicyclic) bond motifs is 1. The van der Waals surface area contributed by atoms with E-state index in [1.54, 1.807) is 13.2 Å². The van der Waals surface area contributed by atoms with Gasteiger partial charge in [0, 0.05) is 31.0 Å². The molecule has 174 valence electrons. The summed E-state index contributed by atoms with van der Waals surface area (Å²) in [7, 11) is 4.29. The Balaban J connectivity index is 0.000000245. The zero-order valence-corrected chi connectivity index (χ0v) is 20.0. The molecule has 0 bridgehead atoms. The Kier molecular flexibility index (Phi) is 9.61.